The summed E-state index contributed by atoms with van der Waals surface area (Å²) < 4.78 is 52.6. The molecule has 3 fully saturated rings. The molecule has 24 heteroatoms. The number of ether oxygens (including phenoxy) is 2. The van der Waals surface area contributed by atoms with E-state index >= 15 is 0 Å². The molecule has 3 aliphatic rings. The highest BCUT2D eigenvalue weighted by Gasteiger charge is 2.50. The highest BCUT2D eigenvalue weighted by atomic mass is 32.7. The maximum absolute atomic E-state index is 13.5. The van der Waals surface area contributed by atoms with E-state index < -0.39 is 76.0 Å². The number of aliphatic hydroxyl groups is 2. The lowest BCUT2D eigenvalue weighted by Gasteiger charge is -2.28. The first-order chi connectivity index (χ1) is 21.0. The third kappa shape index (κ3) is 5.11. The molecule has 0 spiro atoms. The Morgan fingerprint density at radius 2 is 1.64 bits per heavy atom. The molecule has 7 heterocycles. The van der Waals surface area contributed by atoms with Crippen molar-refractivity contribution in [2.24, 2.45) is 0 Å². The van der Waals surface area contributed by atoms with Crippen LogP contribution in [0.15, 0.2) is 23.8 Å². The van der Waals surface area contributed by atoms with E-state index in [0.29, 0.717) is 0 Å². The smallest absolute Gasteiger partial charge is 0.324 e. The molecular weight excluding hydrogens is 646 g/mol. The van der Waals surface area contributed by atoms with Crippen LogP contribution in [0.4, 0.5) is 11.8 Å². The van der Waals surface area contributed by atoms with Crippen LogP contribution in [-0.2, 0) is 27.7 Å². The monoisotopic (exact) mass is 672 g/mol. The number of hydrogen-bond acceptors (Lipinski definition) is 16. The van der Waals surface area contributed by atoms with Gasteiger partial charge >= 0.3 is 6.72 Å². The number of nitrogens with one attached hydrogen (secondary N) is 3. The maximum Gasteiger partial charge on any atom is 0.324 e. The van der Waals surface area contributed by atoms with Crippen molar-refractivity contribution in [3.63, 3.8) is 0 Å². The van der Waals surface area contributed by atoms with E-state index in [1.165, 1.54) is 28.1 Å². The van der Waals surface area contributed by atoms with E-state index in [-0.39, 0.29) is 40.7 Å². The Kier molecular flexibility index (Phi) is 7.49. The van der Waals surface area contributed by atoms with Gasteiger partial charge in [0.25, 0.3) is 13.7 Å². The van der Waals surface area contributed by atoms with Gasteiger partial charge < -0.3 is 40.2 Å². The summed E-state index contributed by atoms with van der Waals surface area (Å²) in [5.41, 5.74) is 11.5. The molecule has 21 nitrogen and oxygen atoms in total. The molecule has 4 aromatic heterocycles. The molecule has 3 aliphatic heterocycles. The van der Waals surface area contributed by atoms with Crippen molar-refractivity contribution in [3.8, 4) is 0 Å². The molecule has 3 saturated heterocycles. The number of hydrogen-bond donors (Lipinski definition) is 8. The van der Waals surface area contributed by atoms with Crippen LogP contribution in [-0.4, -0.2) is 99.0 Å². The van der Waals surface area contributed by atoms with Crippen molar-refractivity contribution >= 4 is 61.2 Å². The summed E-state index contributed by atoms with van der Waals surface area (Å²) in [6.07, 6.45) is -3.29. The Hall–Kier alpha value is -3.01. The second-order valence-corrected chi connectivity index (χ2v) is 14.5. The summed E-state index contributed by atoms with van der Waals surface area (Å²) in [6, 6.07) is -2.16. The Morgan fingerprint density at radius 3 is 2.39 bits per heavy atom. The number of anilines is 2. The van der Waals surface area contributed by atoms with Crippen LogP contribution in [0.25, 0.3) is 22.3 Å². The first-order valence-corrected chi connectivity index (χ1v) is 17.1. The van der Waals surface area contributed by atoms with E-state index in [1.54, 1.807) is 0 Å². The highest BCUT2D eigenvalue weighted by Crippen LogP contribution is 2.51. The number of aromatic amines is 1. The van der Waals surface area contributed by atoms with E-state index in [9.17, 15) is 24.1 Å². The average Bonchev–Trinajstić information content (AvgIpc) is 3.72. The predicted octanol–water partition coefficient (Wildman–Crippen LogP) is -1.97. The van der Waals surface area contributed by atoms with Gasteiger partial charge in [0, 0.05) is 0 Å². The number of nitrogens with two attached hydrogens (primary N) is 2. The van der Waals surface area contributed by atoms with E-state index in [0.717, 1.165) is 0 Å². The molecule has 0 aromatic carbocycles. The molecule has 0 saturated carbocycles. The van der Waals surface area contributed by atoms with Gasteiger partial charge in [-0.1, -0.05) is 12.2 Å². The van der Waals surface area contributed by atoms with Crippen LogP contribution >= 0.6 is 27.1 Å². The number of aliphatic hydroxyl groups excluding tert-OH is 2. The summed E-state index contributed by atoms with van der Waals surface area (Å²) in [5.74, 6) is -0.0550. The molecule has 0 radical (unpaired) electrons. The number of imidazole rings is 2. The fourth-order valence-corrected chi connectivity index (χ4v) is 8.24. The zero-order chi connectivity index (χ0) is 30.9. The molecule has 7 rings (SSSR count). The van der Waals surface area contributed by atoms with E-state index in [1.807, 2.05) is 0 Å². The fourth-order valence-electron chi connectivity index (χ4n) is 5.49. The van der Waals surface area contributed by atoms with Crippen LogP contribution in [0.5, 0.6) is 0 Å². The summed E-state index contributed by atoms with van der Waals surface area (Å²) in [4.78, 5) is 34.9. The minimum atomic E-state index is -4.00. The van der Waals surface area contributed by atoms with Gasteiger partial charge in [0.15, 0.2) is 35.1 Å². The molecule has 44 heavy (non-hydrogen) atoms. The predicted molar refractivity (Wildman–Crippen MR) is 153 cm³/mol. The van der Waals surface area contributed by atoms with Gasteiger partial charge in [0.05, 0.1) is 38.0 Å². The van der Waals surface area contributed by atoms with Gasteiger partial charge in [-0.3, -0.25) is 28.0 Å². The second kappa shape index (κ2) is 11.1. The quantitative estimate of drug-likeness (QED) is 0.0846. The Morgan fingerprint density at radius 1 is 0.977 bits per heavy atom. The lowest BCUT2D eigenvalue weighted by molar-refractivity contribution is -0.0463. The number of thiol groups is 1. The average molecular weight is 673 g/mol. The van der Waals surface area contributed by atoms with Crippen molar-refractivity contribution in [2.45, 2.75) is 49.0 Å². The third-order valence-electron chi connectivity index (χ3n) is 7.52. The summed E-state index contributed by atoms with van der Waals surface area (Å²) in [5, 5.41) is 27.9. The summed E-state index contributed by atoms with van der Waals surface area (Å²) in [7, 11) is -3.08. The first kappa shape index (κ1) is 29.7. The van der Waals surface area contributed by atoms with Crippen molar-refractivity contribution < 1.29 is 37.9 Å². The van der Waals surface area contributed by atoms with Crippen LogP contribution in [0.3, 0.4) is 0 Å². The SMILES string of the molecule is Nc1nc2c(ncn2[C@@H]2O[C@@H]3CO[PH](=O)N[C@H]4[C@@H](O)[C@H](n5cnc6c(N)ncnc65)O[C@@H]4CO[P@](=O)(S)N[C@H]3[C@H]2O)c(=O)[nH]1. The number of nitrogens with zero attached hydrogens (tertiary/aromatic N) is 7. The number of nitrogen functional groups attached to an aromatic ring is 2. The molecule has 9 N–H and O–H groups in total. The topological polar surface area (TPSA) is 295 Å². The third-order valence-corrected chi connectivity index (χ3v) is 10.3. The number of H-pyrrole nitrogens is 1. The van der Waals surface area contributed by atoms with Crippen LogP contribution in [0.2, 0.25) is 0 Å². The lowest BCUT2D eigenvalue weighted by atomic mass is 10.1. The van der Waals surface area contributed by atoms with E-state index in [2.05, 4.69) is 52.3 Å². The normalized spacial score (nSPS) is 36.6. The van der Waals surface area contributed by atoms with Crippen LogP contribution in [0.1, 0.15) is 12.5 Å². The number of rotatable bonds is 2. The summed E-state index contributed by atoms with van der Waals surface area (Å²) in [6.45, 7) is -4.77. The lowest BCUT2D eigenvalue weighted by Crippen LogP contribution is -2.46. The summed E-state index contributed by atoms with van der Waals surface area (Å²) >= 11 is 4.19. The molecule has 236 valence electrons. The van der Waals surface area contributed by atoms with Crippen LogP contribution in [0, 0.1) is 0 Å². The largest absolute Gasteiger partial charge is 0.387 e. The minimum absolute atomic E-state index is 0.0300. The fraction of sp³-hybridized carbons (Fsp3) is 0.500. The molecule has 0 bridgehead atoms. The van der Waals surface area contributed by atoms with Crippen molar-refractivity contribution in [3.05, 3.63) is 29.3 Å². The van der Waals surface area contributed by atoms with Gasteiger partial charge in [-0.05, 0) is 0 Å². The maximum atomic E-state index is 13.5. The van der Waals surface area contributed by atoms with Crippen molar-refractivity contribution in [1.29, 1.82) is 0 Å². The van der Waals surface area contributed by atoms with Crippen molar-refractivity contribution in [1.82, 2.24) is 49.2 Å². The first-order valence-electron chi connectivity index (χ1n) is 13.0. The molecule has 4 aromatic rings. The highest BCUT2D eigenvalue weighted by molar-refractivity contribution is 8.45. The van der Waals surface area contributed by atoms with Gasteiger partial charge in [-0.25, -0.2) is 30.1 Å². The van der Waals surface area contributed by atoms with Gasteiger partial charge in [-0.15, -0.1) is 0 Å². The second-order valence-electron chi connectivity index (χ2n) is 10.2. The van der Waals surface area contributed by atoms with E-state index in [4.69, 9.17) is 30.0 Å². The van der Waals surface area contributed by atoms with Gasteiger partial charge in [-0.2, -0.15) is 4.98 Å². The zero-order valence-electron chi connectivity index (χ0n) is 22.2. The number of aromatic nitrogens is 8. The Bertz CT molecular complexity index is 1870. The minimum Gasteiger partial charge on any atom is -0.387 e. The van der Waals surface area contributed by atoms with Gasteiger partial charge in [0.1, 0.15) is 36.3 Å². The van der Waals surface area contributed by atoms with Gasteiger partial charge in [0.2, 0.25) is 5.95 Å². The Balaban J connectivity index is 1.15. The molecule has 10 atom stereocenters. The number of fused-ring (bicyclic) bond motifs is 4. The zero-order valence-corrected chi connectivity index (χ0v) is 25.0. The standard InChI is InChI=1S/C20H26N12O9P2S/c21-14-10-15(24-3-23-14)31(4-25-10)18-12(33)8-7(41-18)2-39-43(37,44)30-9-6(1-38-42(36)29-8)40-19(13(9)34)32-5-26-11-16(32)27-20(22)28-17(11)35/h3-9,12-13,18-19,33-34,42H,1-2H2,(H,29,36)(H2,21,23,24)(H2,30,37,44)(H3,22,27,28,35)/t6-,7-,8-,9-,12-,13-,18-,19-,43+/m1/s1. The van der Waals surface area contributed by atoms with Crippen molar-refractivity contribution in [2.75, 3.05) is 24.7 Å². The molecule has 0 aliphatic carbocycles. The molecular formula is C20H26N12O9P2S. The molecule has 0 amide bonds. The Labute approximate surface area is 251 Å². The van der Waals surface area contributed by atoms with Crippen LogP contribution < -0.4 is 27.2 Å². The molecule has 1 unspecified atom stereocenters.